The van der Waals surface area contributed by atoms with Gasteiger partial charge in [0.1, 0.15) is 5.75 Å². The molecular formula is C16H21ClN2O3S. The first-order chi connectivity index (χ1) is 10.5. The van der Waals surface area contributed by atoms with E-state index in [9.17, 15) is 8.42 Å². The van der Waals surface area contributed by atoms with Gasteiger partial charge in [-0.05, 0) is 36.8 Å². The molecule has 2 aromatic carbocycles. The molecule has 1 atom stereocenters. The molecule has 0 saturated heterocycles. The number of nitrogens with one attached hydrogen (secondary N) is 1. The smallest absolute Gasteiger partial charge is 0.240 e. The van der Waals surface area contributed by atoms with Gasteiger partial charge in [-0.15, -0.1) is 12.4 Å². The lowest BCUT2D eigenvalue weighted by Gasteiger charge is -2.13. The fraction of sp³-hybridized carbons (Fsp3) is 0.250. The van der Waals surface area contributed by atoms with Crippen molar-refractivity contribution in [3.05, 3.63) is 60.2 Å². The Morgan fingerprint density at radius 3 is 2.26 bits per heavy atom. The number of halogens is 1. The van der Waals surface area contributed by atoms with Crippen LogP contribution in [0.4, 0.5) is 0 Å². The van der Waals surface area contributed by atoms with Gasteiger partial charge >= 0.3 is 0 Å². The molecule has 0 fully saturated rings. The van der Waals surface area contributed by atoms with Gasteiger partial charge in [-0.3, -0.25) is 0 Å². The van der Waals surface area contributed by atoms with Crippen LogP contribution in [0.3, 0.4) is 0 Å². The van der Waals surface area contributed by atoms with Crippen LogP contribution < -0.4 is 15.2 Å². The molecule has 1 unspecified atom stereocenters. The van der Waals surface area contributed by atoms with Crippen molar-refractivity contribution in [1.82, 2.24) is 4.72 Å². The zero-order valence-electron chi connectivity index (χ0n) is 12.8. The normalized spacial score (nSPS) is 12.3. The van der Waals surface area contributed by atoms with Crippen molar-refractivity contribution >= 4 is 22.4 Å². The first-order valence-corrected chi connectivity index (χ1v) is 8.54. The molecule has 2 aromatic rings. The van der Waals surface area contributed by atoms with Gasteiger partial charge in [-0.25, -0.2) is 13.1 Å². The molecule has 0 aliphatic rings. The molecular weight excluding hydrogens is 336 g/mol. The molecule has 0 saturated carbocycles. The summed E-state index contributed by atoms with van der Waals surface area (Å²) in [6.45, 7) is 2.55. The summed E-state index contributed by atoms with van der Waals surface area (Å²) in [5.41, 5.74) is 6.88. The van der Waals surface area contributed by atoms with Crippen LogP contribution in [0, 0.1) is 0 Å². The minimum Gasteiger partial charge on any atom is -0.494 e. The number of hydrogen-bond acceptors (Lipinski definition) is 4. The molecule has 126 valence electrons. The Bertz CT molecular complexity index is 691. The van der Waals surface area contributed by atoms with E-state index in [1.807, 2.05) is 37.3 Å². The van der Waals surface area contributed by atoms with Crippen molar-refractivity contribution in [2.75, 3.05) is 13.2 Å². The standard InChI is InChI=1S/C16H20N2O3S.ClH/c1-2-21-14-8-10-15(11-9-14)22(19,20)18-12-16(17)13-6-4-3-5-7-13;/h3-11,16,18H,2,12,17H2,1H3;1H. The van der Waals surface area contributed by atoms with E-state index in [2.05, 4.69) is 4.72 Å². The van der Waals surface area contributed by atoms with Gasteiger partial charge in [0.25, 0.3) is 0 Å². The van der Waals surface area contributed by atoms with E-state index < -0.39 is 16.1 Å². The molecule has 0 radical (unpaired) electrons. The van der Waals surface area contributed by atoms with Crippen molar-refractivity contribution in [1.29, 1.82) is 0 Å². The van der Waals surface area contributed by atoms with E-state index in [1.54, 1.807) is 12.1 Å². The van der Waals surface area contributed by atoms with Crippen LogP contribution in [0.5, 0.6) is 5.75 Å². The van der Waals surface area contributed by atoms with Crippen LogP contribution in [0.1, 0.15) is 18.5 Å². The molecule has 0 aliphatic heterocycles. The van der Waals surface area contributed by atoms with Crippen LogP contribution in [-0.4, -0.2) is 21.6 Å². The van der Waals surface area contributed by atoms with Crippen molar-refractivity contribution in [2.24, 2.45) is 5.73 Å². The number of hydrogen-bond donors (Lipinski definition) is 2. The molecule has 0 aliphatic carbocycles. The van der Waals surface area contributed by atoms with Gasteiger partial charge in [-0.2, -0.15) is 0 Å². The van der Waals surface area contributed by atoms with Crippen molar-refractivity contribution < 1.29 is 13.2 Å². The highest BCUT2D eigenvalue weighted by Crippen LogP contribution is 2.16. The summed E-state index contributed by atoms with van der Waals surface area (Å²) in [5.74, 6) is 0.641. The fourth-order valence-corrected chi connectivity index (χ4v) is 3.04. The lowest BCUT2D eigenvalue weighted by Crippen LogP contribution is -2.31. The summed E-state index contributed by atoms with van der Waals surface area (Å²) in [5, 5.41) is 0. The van der Waals surface area contributed by atoms with Gasteiger partial charge in [0.2, 0.25) is 10.0 Å². The monoisotopic (exact) mass is 356 g/mol. The zero-order chi connectivity index (χ0) is 16.0. The zero-order valence-corrected chi connectivity index (χ0v) is 14.4. The SMILES string of the molecule is CCOc1ccc(S(=O)(=O)NCC(N)c2ccccc2)cc1.Cl. The van der Waals surface area contributed by atoms with E-state index in [0.29, 0.717) is 12.4 Å². The van der Waals surface area contributed by atoms with E-state index in [-0.39, 0.29) is 23.8 Å². The van der Waals surface area contributed by atoms with Gasteiger partial charge in [0.05, 0.1) is 11.5 Å². The lowest BCUT2D eigenvalue weighted by molar-refractivity contribution is 0.340. The van der Waals surface area contributed by atoms with Crippen LogP contribution in [-0.2, 0) is 10.0 Å². The van der Waals surface area contributed by atoms with Gasteiger partial charge in [0, 0.05) is 12.6 Å². The third-order valence-electron chi connectivity index (χ3n) is 3.17. The van der Waals surface area contributed by atoms with Gasteiger partial charge in [-0.1, -0.05) is 30.3 Å². The van der Waals surface area contributed by atoms with Crippen molar-refractivity contribution in [3.63, 3.8) is 0 Å². The van der Waals surface area contributed by atoms with Crippen LogP contribution in [0.15, 0.2) is 59.5 Å². The number of benzene rings is 2. The maximum absolute atomic E-state index is 12.2. The molecule has 23 heavy (non-hydrogen) atoms. The van der Waals surface area contributed by atoms with Crippen LogP contribution >= 0.6 is 12.4 Å². The Balaban J connectivity index is 0.00000264. The predicted octanol–water partition coefficient (Wildman–Crippen LogP) is 2.49. The molecule has 0 heterocycles. The third-order valence-corrected chi connectivity index (χ3v) is 4.61. The maximum atomic E-state index is 12.2. The maximum Gasteiger partial charge on any atom is 0.240 e. The molecule has 0 amide bonds. The minimum atomic E-state index is -3.58. The second-order valence-electron chi connectivity index (χ2n) is 4.77. The summed E-state index contributed by atoms with van der Waals surface area (Å²) in [7, 11) is -3.58. The van der Waals surface area contributed by atoms with Crippen LogP contribution in [0.25, 0.3) is 0 Å². The van der Waals surface area contributed by atoms with E-state index in [1.165, 1.54) is 12.1 Å². The summed E-state index contributed by atoms with van der Waals surface area (Å²) >= 11 is 0. The lowest BCUT2D eigenvalue weighted by atomic mass is 10.1. The second-order valence-corrected chi connectivity index (χ2v) is 6.54. The Morgan fingerprint density at radius 2 is 1.70 bits per heavy atom. The molecule has 0 aromatic heterocycles. The Hall–Kier alpha value is -1.60. The molecule has 2 rings (SSSR count). The van der Waals surface area contributed by atoms with Gasteiger partial charge < -0.3 is 10.5 Å². The topological polar surface area (TPSA) is 81.4 Å². The van der Waals surface area contributed by atoms with E-state index in [0.717, 1.165) is 5.56 Å². The average molecular weight is 357 g/mol. The number of nitrogens with two attached hydrogens (primary N) is 1. The Morgan fingerprint density at radius 1 is 1.09 bits per heavy atom. The van der Waals surface area contributed by atoms with Gasteiger partial charge in [0.15, 0.2) is 0 Å². The minimum absolute atomic E-state index is 0. The first kappa shape index (κ1) is 19.4. The summed E-state index contributed by atoms with van der Waals surface area (Å²) < 4.78 is 32.3. The Labute approximate surface area is 143 Å². The molecule has 0 bridgehead atoms. The third kappa shape index (κ3) is 5.51. The summed E-state index contributed by atoms with van der Waals surface area (Å²) in [6, 6.07) is 15.3. The summed E-state index contributed by atoms with van der Waals surface area (Å²) in [4.78, 5) is 0.191. The average Bonchev–Trinajstić information content (AvgIpc) is 2.54. The van der Waals surface area contributed by atoms with E-state index >= 15 is 0 Å². The second kappa shape index (κ2) is 8.88. The number of rotatable bonds is 7. The fourth-order valence-electron chi connectivity index (χ4n) is 1.98. The van der Waals surface area contributed by atoms with E-state index in [4.69, 9.17) is 10.5 Å². The predicted molar refractivity (Wildman–Crippen MR) is 93.4 cm³/mol. The van der Waals surface area contributed by atoms with Crippen molar-refractivity contribution in [3.8, 4) is 5.75 Å². The highest BCUT2D eigenvalue weighted by atomic mass is 35.5. The number of sulfonamides is 1. The highest BCUT2D eigenvalue weighted by molar-refractivity contribution is 7.89. The number of ether oxygens (including phenoxy) is 1. The van der Waals surface area contributed by atoms with Crippen LogP contribution in [0.2, 0.25) is 0 Å². The molecule has 3 N–H and O–H groups in total. The molecule has 5 nitrogen and oxygen atoms in total. The first-order valence-electron chi connectivity index (χ1n) is 7.06. The molecule has 0 spiro atoms. The Kier molecular flexibility index (Phi) is 7.51. The quantitative estimate of drug-likeness (QED) is 0.798. The van der Waals surface area contributed by atoms with Crippen molar-refractivity contribution in [2.45, 2.75) is 17.9 Å². The highest BCUT2D eigenvalue weighted by Gasteiger charge is 2.16. The molecule has 7 heteroatoms. The largest absolute Gasteiger partial charge is 0.494 e. The summed E-state index contributed by atoms with van der Waals surface area (Å²) in [6.07, 6.45) is 0.